The molecule has 0 spiro atoms. The predicted octanol–water partition coefficient (Wildman–Crippen LogP) is 4.70. The van der Waals surface area contributed by atoms with Gasteiger partial charge in [0.05, 0.1) is 0 Å². The van der Waals surface area contributed by atoms with E-state index in [4.69, 9.17) is 23.7 Å². The van der Waals surface area contributed by atoms with Crippen LogP contribution in [0.3, 0.4) is 0 Å². The summed E-state index contributed by atoms with van der Waals surface area (Å²) in [5.74, 6) is -2.54. The molecule has 2 aromatic rings. The number of hydrogen-bond acceptors (Lipinski definition) is 10. The quantitative estimate of drug-likeness (QED) is 0.266. The first-order valence-corrected chi connectivity index (χ1v) is 14.5. The summed E-state index contributed by atoms with van der Waals surface area (Å²) in [5.41, 5.74) is 3.88. The highest BCUT2D eigenvalue weighted by atomic mass is 16.7. The highest BCUT2D eigenvalue weighted by Crippen LogP contribution is 2.38. The minimum Gasteiger partial charge on any atom is -0.463 e. The van der Waals surface area contributed by atoms with Crippen LogP contribution < -0.4 is 4.90 Å². The Hall–Kier alpha value is -3.92. The molecule has 0 N–H and O–H groups in total. The zero-order valence-corrected chi connectivity index (χ0v) is 26.2. The number of rotatable bonds is 11. The molecule has 234 valence electrons. The van der Waals surface area contributed by atoms with E-state index in [-0.39, 0.29) is 6.61 Å². The highest BCUT2D eigenvalue weighted by molar-refractivity contribution is 5.69. The first kappa shape index (κ1) is 33.6. The molecule has 10 heteroatoms. The number of anilines is 1. The third-order valence-corrected chi connectivity index (χ3v) is 7.03. The molecule has 1 heterocycles. The summed E-state index contributed by atoms with van der Waals surface area (Å²) in [6, 6.07) is 16.8. The second kappa shape index (κ2) is 15.0. The van der Waals surface area contributed by atoms with Gasteiger partial charge in [0, 0.05) is 45.5 Å². The van der Waals surface area contributed by atoms with Crippen molar-refractivity contribution in [3.63, 3.8) is 0 Å². The molecule has 0 radical (unpaired) electrons. The second-order valence-electron chi connectivity index (χ2n) is 11.3. The molecule has 3 rings (SSSR count). The lowest BCUT2D eigenvalue weighted by Gasteiger charge is -2.44. The number of carbonyl (C=O) groups is 4. The fourth-order valence-corrected chi connectivity index (χ4v) is 5.59. The summed E-state index contributed by atoms with van der Waals surface area (Å²) < 4.78 is 28.2. The summed E-state index contributed by atoms with van der Waals surface area (Å²) in [4.78, 5) is 50.4. The molecule has 0 amide bonds. The zero-order chi connectivity index (χ0) is 31.8. The van der Waals surface area contributed by atoms with Gasteiger partial charge in [-0.25, -0.2) is 0 Å². The van der Waals surface area contributed by atoms with Crippen LogP contribution in [0.4, 0.5) is 5.69 Å². The van der Waals surface area contributed by atoms with E-state index in [1.165, 1.54) is 27.7 Å². The van der Waals surface area contributed by atoms with Crippen LogP contribution in [-0.2, 0) is 49.3 Å². The second-order valence-corrected chi connectivity index (χ2v) is 11.3. The van der Waals surface area contributed by atoms with Crippen LogP contribution in [0.1, 0.15) is 78.2 Å². The fourth-order valence-electron chi connectivity index (χ4n) is 5.59. The maximum atomic E-state index is 12.2. The van der Waals surface area contributed by atoms with Crippen molar-refractivity contribution in [1.29, 1.82) is 0 Å². The van der Waals surface area contributed by atoms with Crippen LogP contribution in [0.25, 0.3) is 0 Å². The van der Waals surface area contributed by atoms with Crippen molar-refractivity contribution in [3.8, 4) is 0 Å². The van der Waals surface area contributed by atoms with Gasteiger partial charge in [-0.1, -0.05) is 36.4 Å². The number of nitrogens with zero attached hydrogens (tertiary/aromatic N) is 1. The molecule has 1 saturated heterocycles. The van der Waals surface area contributed by atoms with E-state index in [0.717, 1.165) is 16.8 Å². The van der Waals surface area contributed by atoms with Gasteiger partial charge in [0.1, 0.15) is 18.8 Å². The molecule has 0 saturated carbocycles. The van der Waals surface area contributed by atoms with Crippen molar-refractivity contribution in [2.75, 3.05) is 11.5 Å². The Bertz CT molecular complexity index is 1270. The van der Waals surface area contributed by atoms with Gasteiger partial charge < -0.3 is 28.6 Å². The number of benzene rings is 2. The van der Waals surface area contributed by atoms with Gasteiger partial charge in [-0.2, -0.15) is 0 Å². The molecule has 1 aliphatic rings. The van der Waals surface area contributed by atoms with Crippen molar-refractivity contribution >= 4 is 29.6 Å². The van der Waals surface area contributed by atoms with Crippen LogP contribution in [0.15, 0.2) is 48.5 Å². The van der Waals surface area contributed by atoms with Gasteiger partial charge in [0.25, 0.3) is 0 Å². The van der Waals surface area contributed by atoms with Gasteiger partial charge in [-0.3, -0.25) is 19.2 Å². The van der Waals surface area contributed by atoms with Crippen LogP contribution >= 0.6 is 0 Å². The van der Waals surface area contributed by atoms with E-state index >= 15 is 0 Å². The van der Waals surface area contributed by atoms with Crippen LogP contribution in [0, 0.1) is 0 Å². The molecular weight excluding hydrogens is 554 g/mol. The Balaban J connectivity index is 1.97. The van der Waals surface area contributed by atoms with E-state index in [1.807, 2.05) is 24.3 Å². The molecule has 1 unspecified atom stereocenters. The Morgan fingerprint density at radius 3 is 1.81 bits per heavy atom. The summed E-state index contributed by atoms with van der Waals surface area (Å²) in [6.07, 6.45) is -4.86. The maximum absolute atomic E-state index is 12.2. The Morgan fingerprint density at radius 1 is 0.721 bits per heavy atom. The molecule has 0 aliphatic carbocycles. The van der Waals surface area contributed by atoms with E-state index < -0.39 is 54.4 Å². The highest BCUT2D eigenvalue weighted by Gasteiger charge is 2.52. The smallest absolute Gasteiger partial charge is 0.303 e. The average molecular weight is 598 g/mol. The molecular formula is C33H43NO9. The number of hydrogen-bond donors (Lipinski definition) is 0. The van der Waals surface area contributed by atoms with Crippen LogP contribution in [-0.4, -0.2) is 67.0 Å². The molecule has 0 bridgehead atoms. The van der Waals surface area contributed by atoms with Crippen molar-refractivity contribution in [2.24, 2.45) is 0 Å². The largest absolute Gasteiger partial charge is 0.463 e. The van der Waals surface area contributed by atoms with Gasteiger partial charge in [0.2, 0.25) is 0 Å². The molecule has 1 aliphatic heterocycles. The SMILES string of the molecule is CC(=O)OC[C@H]1O[C@@H](c2cccc(Cc3ccc(N(C(C)C)C(C)C)cc3)c2)[C@H](OC(C)=O)C(OC(C)=O)[C@@H]1OC(C)=O. The van der Waals surface area contributed by atoms with Gasteiger partial charge in [0.15, 0.2) is 18.3 Å². The van der Waals surface area contributed by atoms with E-state index in [2.05, 4.69) is 56.9 Å². The van der Waals surface area contributed by atoms with E-state index in [1.54, 1.807) is 0 Å². The number of carbonyl (C=O) groups excluding carboxylic acids is 4. The van der Waals surface area contributed by atoms with E-state index in [0.29, 0.717) is 24.1 Å². The molecule has 2 aromatic carbocycles. The predicted molar refractivity (Wildman–Crippen MR) is 159 cm³/mol. The number of ether oxygens (including phenoxy) is 5. The van der Waals surface area contributed by atoms with Crippen molar-refractivity contribution < 1.29 is 42.9 Å². The summed E-state index contributed by atoms with van der Waals surface area (Å²) in [6.45, 7) is 13.3. The Morgan fingerprint density at radius 2 is 1.28 bits per heavy atom. The molecule has 43 heavy (non-hydrogen) atoms. The lowest BCUT2D eigenvalue weighted by atomic mass is 9.89. The number of esters is 4. The summed E-state index contributed by atoms with van der Waals surface area (Å²) >= 11 is 0. The third kappa shape index (κ3) is 9.28. The third-order valence-electron chi connectivity index (χ3n) is 7.03. The lowest BCUT2D eigenvalue weighted by Crippen LogP contribution is -2.59. The van der Waals surface area contributed by atoms with Crippen molar-refractivity contribution in [2.45, 2.75) is 104 Å². The van der Waals surface area contributed by atoms with Crippen LogP contribution in [0.5, 0.6) is 0 Å². The Labute approximate surface area is 253 Å². The fraction of sp³-hybridized carbons (Fsp3) is 0.515. The normalized spacial score (nSPS) is 21.7. The summed E-state index contributed by atoms with van der Waals surface area (Å²) in [5, 5.41) is 0. The maximum Gasteiger partial charge on any atom is 0.303 e. The zero-order valence-electron chi connectivity index (χ0n) is 26.2. The monoisotopic (exact) mass is 597 g/mol. The topological polar surface area (TPSA) is 118 Å². The van der Waals surface area contributed by atoms with Crippen molar-refractivity contribution in [3.05, 3.63) is 65.2 Å². The van der Waals surface area contributed by atoms with Gasteiger partial charge in [-0.05, 0) is 62.9 Å². The van der Waals surface area contributed by atoms with Crippen molar-refractivity contribution in [1.82, 2.24) is 0 Å². The standard InChI is InChI=1S/C33H43NO9/c1-19(2)34(20(3)4)28-14-12-25(13-15-28)16-26-10-9-11-27(17-26)30-32(41-23(7)37)33(42-24(8)38)31(40-22(6)36)29(43-30)18-39-21(5)35/h9-15,17,19-20,29-33H,16,18H2,1-8H3/t29-,30+,31-,32+,33?/m1/s1. The molecule has 10 nitrogen and oxygen atoms in total. The minimum atomic E-state index is -1.22. The van der Waals surface area contributed by atoms with Crippen LogP contribution in [0.2, 0.25) is 0 Å². The molecule has 5 atom stereocenters. The first-order valence-electron chi connectivity index (χ1n) is 14.5. The van der Waals surface area contributed by atoms with Gasteiger partial charge in [-0.15, -0.1) is 0 Å². The van der Waals surface area contributed by atoms with E-state index in [9.17, 15) is 19.2 Å². The minimum absolute atomic E-state index is 0.274. The Kier molecular flexibility index (Phi) is 11.7. The van der Waals surface area contributed by atoms with Gasteiger partial charge >= 0.3 is 23.9 Å². The first-order chi connectivity index (χ1) is 20.3. The average Bonchev–Trinajstić information content (AvgIpc) is 2.90. The lowest BCUT2D eigenvalue weighted by molar-refractivity contribution is -0.254. The molecule has 0 aromatic heterocycles. The molecule has 1 fully saturated rings. The summed E-state index contributed by atoms with van der Waals surface area (Å²) in [7, 11) is 0.